The molecule has 1 rings (SSSR count). The standard InChI is InChI=1S/C10H13NO3.ClH/c1-14-10(13)8-4-2-3-7(5-8)9(12)6-11;/h2-5,9,12H,6,11H2,1H3;1H/t9-;/m1./s1. The molecule has 0 unspecified atom stereocenters. The summed E-state index contributed by atoms with van der Waals surface area (Å²) in [5, 5.41) is 9.43. The molecule has 84 valence electrons. The molecular formula is C10H14ClNO3. The lowest BCUT2D eigenvalue weighted by atomic mass is 10.1. The summed E-state index contributed by atoms with van der Waals surface area (Å²) >= 11 is 0. The lowest BCUT2D eigenvalue weighted by Crippen LogP contribution is -2.12. The Morgan fingerprint density at radius 3 is 2.80 bits per heavy atom. The van der Waals surface area contributed by atoms with Crippen LogP contribution in [0, 0.1) is 0 Å². The number of hydrogen-bond donors (Lipinski definition) is 2. The normalized spacial score (nSPS) is 11.4. The van der Waals surface area contributed by atoms with Crippen molar-refractivity contribution in [2.24, 2.45) is 5.73 Å². The maximum Gasteiger partial charge on any atom is 0.337 e. The molecule has 1 aromatic rings. The zero-order valence-corrected chi connectivity index (χ0v) is 9.16. The van der Waals surface area contributed by atoms with Gasteiger partial charge in [-0.1, -0.05) is 12.1 Å². The van der Waals surface area contributed by atoms with Crippen molar-refractivity contribution >= 4 is 18.4 Å². The number of aliphatic hydroxyl groups excluding tert-OH is 1. The van der Waals surface area contributed by atoms with Crippen molar-refractivity contribution in [3.8, 4) is 0 Å². The summed E-state index contributed by atoms with van der Waals surface area (Å²) in [7, 11) is 1.31. The fraction of sp³-hybridized carbons (Fsp3) is 0.300. The van der Waals surface area contributed by atoms with E-state index in [0.717, 1.165) is 0 Å². The fourth-order valence-corrected chi connectivity index (χ4v) is 1.13. The SMILES string of the molecule is COC(=O)c1cccc([C@H](O)CN)c1.Cl. The Morgan fingerprint density at radius 2 is 2.27 bits per heavy atom. The van der Waals surface area contributed by atoms with E-state index in [0.29, 0.717) is 11.1 Å². The quantitative estimate of drug-likeness (QED) is 0.758. The van der Waals surface area contributed by atoms with Crippen molar-refractivity contribution in [2.45, 2.75) is 6.10 Å². The van der Waals surface area contributed by atoms with Crippen LogP contribution in [0.15, 0.2) is 24.3 Å². The smallest absolute Gasteiger partial charge is 0.337 e. The average molecular weight is 232 g/mol. The third-order valence-corrected chi connectivity index (χ3v) is 1.92. The van der Waals surface area contributed by atoms with Crippen molar-refractivity contribution in [3.05, 3.63) is 35.4 Å². The number of esters is 1. The van der Waals surface area contributed by atoms with E-state index >= 15 is 0 Å². The van der Waals surface area contributed by atoms with Crippen molar-refractivity contribution < 1.29 is 14.6 Å². The minimum Gasteiger partial charge on any atom is -0.465 e. The van der Waals surface area contributed by atoms with Crippen LogP contribution in [0.4, 0.5) is 0 Å². The van der Waals surface area contributed by atoms with Gasteiger partial charge in [0.15, 0.2) is 0 Å². The molecule has 0 fully saturated rings. The summed E-state index contributed by atoms with van der Waals surface area (Å²) in [5.74, 6) is -0.420. The Balaban J connectivity index is 0.00000196. The van der Waals surface area contributed by atoms with Gasteiger partial charge in [-0.3, -0.25) is 0 Å². The van der Waals surface area contributed by atoms with Crippen LogP contribution in [0.5, 0.6) is 0 Å². The Hall–Kier alpha value is -1.10. The molecule has 0 aliphatic rings. The van der Waals surface area contributed by atoms with Crippen LogP contribution in [-0.4, -0.2) is 24.7 Å². The van der Waals surface area contributed by atoms with Crippen LogP contribution in [0.3, 0.4) is 0 Å². The number of halogens is 1. The molecule has 0 aliphatic carbocycles. The lowest BCUT2D eigenvalue weighted by molar-refractivity contribution is 0.0600. The van der Waals surface area contributed by atoms with Crippen LogP contribution < -0.4 is 5.73 Å². The van der Waals surface area contributed by atoms with E-state index in [1.807, 2.05) is 0 Å². The summed E-state index contributed by atoms with van der Waals surface area (Å²) in [6, 6.07) is 6.59. The van der Waals surface area contributed by atoms with Crippen LogP contribution in [0.2, 0.25) is 0 Å². The number of aliphatic hydroxyl groups is 1. The molecule has 0 saturated heterocycles. The second kappa shape index (κ2) is 6.40. The van der Waals surface area contributed by atoms with Gasteiger partial charge in [0.25, 0.3) is 0 Å². The second-order valence-corrected chi connectivity index (χ2v) is 2.87. The molecule has 1 aromatic carbocycles. The zero-order chi connectivity index (χ0) is 10.6. The molecule has 0 aromatic heterocycles. The molecule has 15 heavy (non-hydrogen) atoms. The van der Waals surface area contributed by atoms with Gasteiger partial charge < -0.3 is 15.6 Å². The monoisotopic (exact) mass is 231 g/mol. The molecule has 5 heteroatoms. The molecule has 1 atom stereocenters. The van der Waals surface area contributed by atoms with Crippen LogP contribution in [0.1, 0.15) is 22.0 Å². The topological polar surface area (TPSA) is 72.5 Å². The first-order valence-electron chi connectivity index (χ1n) is 4.25. The summed E-state index contributed by atoms with van der Waals surface area (Å²) in [6.45, 7) is 0.130. The molecule has 3 N–H and O–H groups in total. The number of carbonyl (C=O) groups excluding carboxylic acids is 1. The summed E-state index contributed by atoms with van der Waals surface area (Å²) in [6.07, 6.45) is -0.736. The van der Waals surface area contributed by atoms with Crippen molar-refractivity contribution in [2.75, 3.05) is 13.7 Å². The number of hydrogen-bond acceptors (Lipinski definition) is 4. The summed E-state index contributed by atoms with van der Waals surface area (Å²) in [4.78, 5) is 11.1. The minimum atomic E-state index is -0.736. The highest BCUT2D eigenvalue weighted by Gasteiger charge is 2.09. The molecule has 0 amide bonds. The van der Waals surface area contributed by atoms with Gasteiger partial charge in [0.1, 0.15) is 0 Å². The molecule has 0 radical (unpaired) electrons. The Bertz CT molecular complexity index is 330. The predicted octanol–water partition coefficient (Wildman–Crippen LogP) is 0.887. The van der Waals surface area contributed by atoms with Gasteiger partial charge in [0.05, 0.1) is 18.8 Å². The summed E-state index contributed by atoms with van der Waals surface area (Å²) in [5.41, 5.74) is 6.33. The van der Waals surface area contributed by atoms with E-state index in [1.54, 1.807) is 24.3 Å². The Labute approximate surface area is 94.5 Å². The first kappa shape index (κ1) is 13.9. The summed E-state index contributed by atoms with van der Waals surface area (Å²) < 4.78 is 4.55. The number of methoxy groups -OCH3 is 1. The number of nitrogens with two attached hydrogens (primary N) is 1. The van der Waals surface area contributed by atoms with Crippen molar-refractivity contribution in [3.63, 3.8) is 0 Å². The molecule has 0 spiro atoms. The van der Waals surface area contributed by atoms with Gasteiger partial charge in [-0.25, -0.2) is 4.79 Å². The highest BCUT2D eigenvalue weighted by molar-refractivity contribution is 5.89. The molecule has 0 heterocycles. The first-order valence-corrected chi connectivity index (χ1v) is 4.25. The third kappa shape index (κ3) is 3.51. The van der Waals surface area contributed by atoms with Gasteiger partial charge in [-0.05, 0) is 17.7 Å². The predicted molar refractivity (Wildman–Crippen MR) is 59.0 cm³/mol. The number of rotatable bonds is 3. The highest BCUT2D eigenvalue weighted by atomic mass is 35.5. The largest absolute Gasteiger partial charge is 0.465 e. The Kier molecular flexibility index (Phi) is 5.93. The van der Waals surface area contributed by atoms with E-state index < -0.39 is 12.1 Å². The van der Waals surface area contributed by atoms with E-state index in [1.165, 1.54) is 7.11 Å². The third-order valence-electron chi connectivity index (χ3n) is 1.92. The number of benzene rings is 1. The first-order chi connectivity index (χ1) is 6.69. The van der Waals surface area contributed by atoms with Gasteiger partial charge in [0, 0.05) is 6.54 Å². The van der Waals surface area contributed by atoms with Crippen LogP contribution >= 0.6 is 12.4 Å². The fourth-order valence-electron chi connectivity index (χ4n) is 1.13. The minimum absolute atomic E-state index is 0. The van der Waals surface area contributed by atoms with Gasteiger partial charge in [0.2, 0.25) is 0 Å². The zero-order valence-electron chi connectivity index (χ0n) is 8.34. The van der Waals surface area contributed by atoms with Crippen LogP contribution in [-0.2, 0) is 4.74 Å². The van der Waals surface area contributed by atoms with Gasteiger partial charge in [-0.15, -0.1) is 12.4 Å². The number of ether oxygens (including phenoxy) is 1. The maximum atomic E-state index is 11.1. The second-order valence-electron chi connectivity index (χ2n) is 2.87. The van der Waals surface area contributed by atoms with E-state index in [2.05, 4.69) is 4.74 Å². The van der Waals surface area contributed by atoms with E-state index in [-0.39, 0.29) is 19.0 Å². The van der Waals surface area contributed by atoms with Gasteiger partial charge in [-0.2, -0.15) is 0 Å². The molecule has 4 nitrogen and oxygen atoms in total. The van der Waals surface area contributed by atoms with E-state index in [4.69, 9.17) is 5.73 Å². The molecule has 0 bridgehead atoms. The van der Waals surface area contributed by atoms with Crippen molar-refractivity contribution in [1.29, 1.82) is 0 Å². The molecule has 0 aliphatic heterocycles. The molecular weight excluding hydrogens is 218 g/mol. The van der Waals surface area contributed by atoms with Gasteiger partial charge >= 0.3 is 5.97 Å². The molecule has 0 saturated carbocycles. The Morgan fingerprint density at radius 1 is 1.60 bits per heavy atom. The highest BCUT2D eigenvalue weighted by Crippen LogP contribution is 2.13. The van der Waals surface area contributed by atoms with Crippen LogP contribution in [0.25, 0.3) is 0 Å². The number of carbonyl (C=O) groups is 1. The maximum absolute atomic E-state index is 11.1. The van der Waals surface area contributed by atoms with Crippen molar-refractivity contribution in [1.82, 2.24) is 0 Å². The lowest BCUT2D eigenvalue weighted by Gasteiger charge is -2.08. The van der Waals surface area contributed by atoms with E-state index in [9.17, 15) is 9.90 Å². The average Bonchev–Trinajstić information content (AvgIpc) is 2.27.